The van der Waals surface area contributed by atoms with E-state index in [4.69, 9.17) is 19.2 Å². The number of phosphoric acid groups is 1. The van der Waals surface area contributed by atoms with E-state index in [1.54, 1.807) is 0 Å². The van der Waals surface area contributed by atoms with Gasteiger partial charge in [0.25, 0.3) is 0 Å². The van der Waals surface area contributed by atoms with Crippen LogP contribution in [0, 0.1) is 0 Å². The fourth-order valence-electron chi connectivity index (χ4n) is 0. The van der Waals surface area contributed by atoms with E-state index in [1.165, 1.54) is 0 Å². The maximum Gasteiger partial charge on any atom is 4.00 e. The van der Waals surface area contributed by atoms with Crippen LogP contribution < -0.4 is 38.2 Å². The van der Waals surface area contributed by atoms with E-state index in [9.17, 15) is 0 Å². The summed E-state index contributed by atoms with van der Waals surface area (Å²) in [5.41, 5.74) is 0. The van der Waals surface area contributed by atoms with Crippen LogP contribution in [0.3, 0.4) is 0 Å². The molecule has 0 rings (SSSR count). The molecule has 0 aromatic heterocycles. The van der Waals surface area contributed by atoms with E-state index in [2.05, 4.69) is 0 Å². The summed E-state index contributed by atoms with van der Waals surface area (Å²) in [7, 11) is -5.39. The van der Waals surface area contributed by atoms with Gasteiger partial charge in [0, 0.05) is 0 Å². The average molecular weight is 169 g/mol. The van der Waals surface area contributed by atoms with Gasteiger partial charge < -0.3 is 23.9 Å². The van der Waals surface area contributed by atoms with Crippen LogP contribution in [0.15, 0.2) is 0 Å². The topological polar surface area (TPSA) is 86.2 Å². The zero-order valence-corrected chi connectivity index (χ0v) is 6.41. The normalized spacial score (nSPS) is 7.38. The van der Waals surface area contributed by atoms with E-state index in [0.717, 1.165) is 0 Å². The molecule has 0 spiro atoms. The molecule has 0 atom stereocenters. The van der Waals surface area contributed by atoms with Gasteiger partial charge in [0.1, 0.15) is 0 Å². The molecular formula is FLiO4PTi+. The van der Waals surface area contributed by atoms with E-state index in [0.29, 0.717) is 0 Å². The summed E-state index contributed by atoms with van der Waals surface area (Å²) in [5.74, 6) is 0. The minimum Gasteiger partial charge on any atom is -1.00 e. The number of rotatable bonds is 0. The minimum atomic E-state index is -5.39. The standard InChI is InChI=1S/FH.Li.H3O4P.Ti/c;;1-5(2,3)4;/h1H;;(H3,1,2,3,4);/q;+1;;+4/p-4. The second kappa shape index (κ2) is 8.35. The molecule has 8 heteroatoms. The zero-order chi connectivity index (χ0) is 4.50. The molecule has 0 bridgehead atoms. The van der Waals surface area contributed by atoms with Crippen LogP contribution in [-0.2, 0) is 26.3 Å². The first kappa shape index (κ1) is 22.8. The van der Waals surface area contributed by atoms with Crippen molar-refractivity contribution in [2.45, 2.75) is 0 Å². The summed E-state index contributed by atoms with van der Waals surface area (Å²) < 4.78 is 8.55. The number of hydrogen-bond acceptors (Lipinski definition) is 4. The molecule has 0 saturated heterocycles. The van der Waals surface area contributed by atoms with Crippen LogP contribution in [-0.4, -0.2) is 0 Å². The van der Waals surface area contributed by atoms with Gasteiger partial charge in [0.15, 0.2) is 0 Å². The fourth-order valence-corrected chi connectivity index (χ4v) is 0. The molecule has 0 aliphatic carbocycles. The van der Waals surface area contributed by atoms with Gasteiger partial charge >= 0.3 is 40.6 Å². The van der Waals surface area contributed by atoms with Crippen molar-refractivity contribution in [1.29, 1.82) is 0 Å². The molecule has 0 N–H and O–H groups in total. The van der Waals surface area contributed by atoms with Crippen molar-refractivity contribution in [3.8, 4) is 0 Å². The van der Waals surface area contributed by atoms with Gasteiger partial charge in [-0.2, -0.15) is 7.82 Å². The minimum absolute atomic E-state index is 0. The van der Waals surface area contributed by atoms with Crippen LogP contribution in [0.1, 0.15) is 0 Å². The third kappa shape index (κ3) is 162. The maximum atomic E-state index is 8.55. The van der Waals surface area contributed by atoms with Crippen LogP contribution >= 0.6 is 7.82 Å². The van der Waals surface area contributed by atoms with E-state index >= 15 is 0 Å². The van der Waals surface area contributed by atoms with Crippen molar-refractivity contribution in [2.75, 3.05) is 0 Å². The van der Waals surface area contributed by atoms with Crippen LogP contribution in [0.4, 0.5) is 0 Å². The predicted octanol–water partition coefficient (Wildman–Crippen LogP) is -8.82. The van der Waals surface area contributed by atoms with Gasteiger partial charge in [0.2, 0.25) is 0 Å². The largest absolute Gasteiger partial charge is 4.00 e. The Bertz CT molecular complexity index is 62.2. The van der Waals surface area contributed by atoms with E-state index < -0.39 is 7.82 Å². The molecule has 40 valence electrons. The van der Waals surface area contributed by atoms with Crippen molar-refractivity contribution in [3.05, 3.63) is 0 Å². The fraction of sp³-hybridized carbons (Fsp3) is 0. The molecule has 8 heavy (non-hydrogen) atoms. The molecule has 0 radical (unpaired) electrons. The monoisotopic (exact) mass is 169 g/mol. The molecule has 0 aromatic rings. The third-order valence-corrected chi connectivity index (χ3v) is 0. The second-order valence-corrected chi connectivity index (χ2v) is 1.34. The Morgan fingerprint density at radius 3 is 1.12 bits per heavy atom. The number of halogens is 1. The summed E-state index contributed by atoms with van der Waals surface area (Å²) in [4.78, 5) is 25.6. The van der Waals surface area contributed by atoms with Gasteiger partial charge in [-0.1, -0.05) is 0 Å². The van der Waals surface area contributed by atoms with Gasteiger partial charge in [-0.25, -0.2) is 0 Å². The van der Waals surface area contributed by atoms with Crippen LogP contribution in [0.2, 0.25) is 0 Å². The SMILES string of the molecule is O=P([O-])([O-])[O-].[F-].[Li+].[Ti+4]. The van der Waals surface area contributed by atoms with Crippen molar-refractivity contribution in [3.63, 3.8) is 0 Å². The Morgan fingerprint density at radius 1 is 1.12 bits per heavy atom. The van der Waals surface area contributed by atoms with E-state index in [1.807, 2.05) is 0 Å². The Balaban J connectivity index is -0.0000000267. The molecule has 0 amide bonds. The quantitative estimate of drug-likeness (QED) is 0.266. The summed E-state index contributed by atoms with van der Waals surface area (Å²) in [6.45, 7) is 0. The molecule has 0 saturated carbocycles. The van der Waals surface area contributed by atoms with E-state index in [-0.39, 0.29) is 45.3 Å². The first-order valence-corrected chi connectivity index (χ1v) is 2.19. The molecule has 0 heterocycles. The molecule has 0 unspecified atom stereocenters. The number of hydrogen-bond donors (Lipinski definition) is 0. The van der Waals surface area contributed by atoms with Gasteiger partial charge in [0.05, 0.1) is 0 Å². The molecule has 0 aromatic carbocycles. The summed E-state index contributed by atoms with van der Waals surface area (Å²) >= 11 is 0. The van der Waals surface area contributed by atoms with Crippen LogP contribution in [0.5, 0.6) is 0 Å². The first-order valence-electron chi connectivity index (χ1n) is 0.730. The smallest absolute Gasteiger partial charge is 1.00 e. The summed E-state index contributed by atoms with van der Waals surface area (Å²) in [6, 6.07) is 0. The Kier molecular flexibility index (Phi) is 23.8. The van der Waals surface area contributed by atoms with Crippen molar-refractivity contribution >= 4 is 7.82 Å². The summed E-state index contributed by atoms with van der Waals surface area (Å²) in [6.07, 6.45) is 0. The maximum absolute atomic E-state index is 8.55. The molecule has 4 nitrogen and oxygen atoms in total. The second-order valence-electron chi connectivity index (χ2n) is 0.447. The Labute approximate surface area is 72.3 Å². The van der Waals surface area contributed by atoms with Crippen molar-refractivity contribution in [2.24, 2.45) is 0 Å². The van der Waals surface area contributed by atoms with Gasteiger partial charge in [-0.3, -0.25) is 0 Å². The van der Waals surface area contributed by atoms with Crippen molar-refractivity contribution in [1.82, 2.24) is 0 Å². The molecule has 0 aliphatic heterocycles. The third-order valence-electron chi connectivity index (χ3n) is 0. The average Bonchev–Trinajstić information content (AvgIpc) is 0.722. The van der Waals surface area contributed by atoms with Gasteiger partial charge in [-0.05, 0) is 0 Å². The first-order chi connectivity index (χ1) is 2.00. The zero-order valence-electron chi connectivity index (χ0n) is 3.96. The van der Waals surface area contributed by atoms with Crippen LogP contribution in [0.25, 0.3) is 0 Å². The predicted molar refractivity (Wildman–Crippen MR) is 7.61 cm³/mol. The molecule has 0 fully saturated rings. The molecular weight excluding hydrogens is 169 g/mol. The van der Waals surface area contributed by atoms with Crippen molar-refractivity contribution < 1.29 is 64.5 Å². The molecule has 0 aliphatic rings. The Morgan fingerprint density at radius 2 is 1.12 bits per heavy atom. The van der Waals surface area contributed by atoms with Gasteiger partial charge in [-0.15, -0.1) is 0 Å². The summed E-state index contributed by atoms with van der Waals surface area (Å²) in [5, 5.41) is 0. The Hall–Kier alpha value is 1.35.